The molecule has 4 rings (SSSR count). The van der Waals surface area contributed by atoms with Gasteiger partial charge in [-0.05, 0) is 48.9 Å². The molecule has 0 radical (unpaired) electrons. The highest BCUT2D eigenvalue weighted by atomic mass is 35.5. The molecule has 1 heterocycles. The van der Waals surface area contributed by atoms with Crippen molar-refractivity contribution in [3.63, 3.8) is 0 Å². The van der Waals surface area contributed by atoms with E-state index in [1.807, 2.05) is 91.9 Å². The van der Waals surface area contributed by atoms with Gasteiger partial charge in [0.1, 0.15) is 0 Å². The summed E-state index contributed by atoms with van der Waals surface area (Å²) in [5.41, 5.74) is 6.37. The first-order valence-electron chi connectivity index (χ1n) is 9.62. The molecule has 0 aliphatic rings. The Bertz CT molecular complexity index is 1100. The van der Waals surface area contributed by atoms with Crippen molar-refractivity contribution in [1.82, 2.24) is 15.0 Å². The predicted molar refractivity (Wildman–Crippen MR) is 127 cm³/mol. The number of hydrogen-bond donors (Lipinski definition) is 3. The quantitative estimate of drug-likeness (QED) is 0.252. The minimum atomic E-state index is 0.306. The molecule has 1 aromatic heterocycles. The zero-order valence-corrected chi connectivity index (χ0v) is 17.5. The van der Waals surface area contributed by atoms with E-state index in [-0.39, 0.29) is 0 Å². The molecule has 0 amide bonds. The fourth-order valence-corrected chi connectivity index (χ4v) is 2.85. The summed E-state index contributed by atoms with van der Waals surface area (Å²) in [4.78, 5) is 13.3. The van der Waals surface area contributed by atoms with Crippen LogP contribution < -0.4 is 16.1 Å². The van der Waals surface area contributed by atoms with Crippen LogP contribution in [-0.2, 0) is 0 Å². The highest BCUT2D eigenvalue weighted by Gasteiger charge is 2.08. The van der Waals surface area contributed by atoms with Gasteiger partial charge in [-0.3, -0.25) is 0 Å². The van der Waals surface area contributed by atoms with Crippen molar-refractivity contribution in [3.05, 3.63) is 95.5 Å². The van der Waals surface area contributed by atoms with Gasteiger partial charge in [0.15, 0.2) is 0 Å². The Morgan fingerprint density at radius 3 is 1.68 bits per heavy atom. The van der Waals surface area contributed by atoms with Gasteiger partial charge in [-0.15, -0.1) is 0 Å². The second-order valence-electron chi connectivity index (χ2n) is 6.60. The van der Waals surface area contributed by atoms with Crippen LogP contribution in [-0.4, -0.2) is 20.7 Å². The summed E-state index contributed by atoms with van der Waals surface area (Å²) >= 11 is 5.96. The molecule has 0 aliphatic heterocycles. The number of aromatic nitrogens is 3. The maximum Gasteiger partial charge on any atom is 0.250 e. The van der Waals surface area contributed by atoms with Crippen molar-refractivity contribution in [3.8, 4) is 0 Å². The molecule has 8 heteroatoms. The number of hydrazone groups is 1. The van der Waals surface area contributed by atoms with Gasteiger partial charge in [0.25, 0.3) is 0 Å². The molecule has 154 valence electrons. The number of hydrogen-bond acceptors (Lipinski definition) is 7. The summed E-state index contributed by atoms with van der Waals surface area (Å²) in [7, 11) is 0. The Labute approximate surface area is 185 Å². The molecule has 3 aromatic carbocycles. The fourth-order valence-electron chi connectivity index (χ4n) is 2.73. The number of benzene rings is 3. The van der Waals surface area contributed by atoms with E-state index in [9.17, 15) is 0 Å². The maximum atomic E-state index is 5.96. The first kappa shape index (κ1) is 20.3. The molecule has 0 saturated carbocycles. The average Bonchev–Trinajstić information content (AvgIpc) is 2.79. The van der Waals surface area contributed by atoms with Crippen LogP contribution in [0, 0.1) is 0 Å². The van der Waals surface area contributed by atoms with Crippen LogP contribution in [0.3, 0.4) is 0 Å². The molecule has 0 spiro atoms. The van der Waals surface area contributed by atoms with Crippen LogP contribution in [0.15, 0.2) is 90.0 Å². The van der Waals surface area contributed by atoms with Gasteiger partial charge in [0.05, 0.1) is 5.71 Å². The lowest BCUT2D eigenvalue weighted by molar-refractivity contribution is 1.04. The second-order valence-corrected chi connectivity index (χ2v) is 7.04. The standard InChI is InChI=1S/C23H20ClN7/c1-16(17-12-14-18(24)15-13-17)30-31-23-28-21(25-19-8-4-2-5-9-19)27-22(29-23)26-20-10-6-3-7-11-20/h2-15H,1H3,(H3,25,26,27,28,29,31)/b30-16-. The molecule has 0 fully saturated rings. The number of halogens is 1. The highest BCUT2D eigenvalue weighted by Crippen LogP contribution is 2.18. The smallest absolute Gasteiger partial charge is 0.250 e. The molecule has 0 unspecified atom stereocenters. The molecule has 7 nitrogen and oxygen atoms in total. The van der Waals surface area contributed by atoms with E-state index in [4.69, 9.17) is 11.6 Å². The average molecular weight is 430 g/mol. The Hall–Kier alpha value is -3.97. The second kappa shape index (κ2) is 9.69. The van der Waals surface area contributed by atoms with Crippen LogP contribution in [0.1, 0.15) is 12.5 Å². The molecular weight excluding hydrogens is 410 g/mol. The van der Waals surface area contributed by atoms with Crippen molar-refractivity contribution in [2.24, 2.45) is 5.10 Å². The van der Waals surface area contributed by atoms with E-state index in [0.29, 0.717) is 22.9 Å². The topological polar surface area (TPSA) is 87.1 Å². The zero-order valence-electron chi connectivity index (χ0n) is 16.7. The summed E-state index contributed by atoms with van der Waals surface area (Å²) in [6.07, 6.45) is 0. The lowest BCUT2D eigenvalue weighted by atomic mass is 10.1. The minimum absolute atomic E-state index is 0.306. The van der Waals surface area contributed by atoms with Crippen LogP contribution in [0.4, 0.5) is 29.2 Å². The van der Waals surface area contributed by atoms with E-state index in [1.54, 1.807) is 0 Å². The van der Waals surface area contributed by atoms with E-state index in [0.717, 1.165) is 22.6 Å². The molecule has 3 N–H and O–H groups in total. The Morgan fingerprint density at radius 1 is 0.677 bits per heavy atom. The highest BCUT2D eigenvalue weighted by molar-refractivity contribution is 6.30. The maximum absolute atomic E-state index is 5.96. The monoisotopic (exact) mass is 429 g/mol. The van der Waals surface area contributed by atoms with Crippen molar-refractivity contribution in [1.29, 1.82) is 0 Å². The van der Waals surface area contributed by atoms with E-state index in [2.05, 4.69) is 36.1 Å². The third-order valence-corrected chi connectivity index (χ3v) is 4.53. The number of nitrogens with one attached hydrogen (secondary N) is 3. The number of anilines is 5. The van der Waals surface area contributed by atoms with Crippen molar-refractivity contribution < 1.29 is 0 Å². The third kappa shape index (κ3) is 5.77. The van der Waals surface area contributed by atoms with Gasteiger partial charge < -0.3 is 10.6 Å². The number of rotatable bonds is 7. The van der Waals surface area contributed by atoms with Crippen LogP contribution >= 0.6 is 11.6 Å². The van der Waals surface area contributed by atoms with Gasteiger partial charge in [-0.2, -0.15) is 20.1 Å². The zero-order chi connectivity index (χ0) is 21.5. The van der Waals surface area contributed by atoms with E-state index >= 15 is 0 Å². The Morgan fingerprint density at radius 2 is 1.16 bits per heavy atom. The normalized spacial score (nSPS) is 11.1. The first-order chi connectivity index (χ1) is 15.2. The predicted octanol–water partition coefficient (Wildman–Crippen LogP) is 5.85. The Balaban J connectivity index is 1.60. The minimum Gasteiger partial charge on any atom is -0.324 e. The van der Waals surface area contributed by atoms with Gasteiger partial charge >= 0.3 is 0 Å². The third-order valence-electron chi connectivity index (χ3n) is 4.28. The number of para-hydroxylation sites is 2. The molecule has 0 atom stereocenters. The van der Waals surface area contributed by atoms with Crippen LogP contribution in [0.2, 0.25) is 5.02 Å². The summed E-state index contributed by atoms with van der Waals surface area (Å²) in [6, 6.07) is 26.8. The largest absolute Gasteiger partial charge is 0.324 e. The first-order valence-corrected chi connectivity index (χ1v) is 10.00. The fraction of sp³-hybridized carbons (Fsp3) is 0.0435. The summed E-state index contributed by atoms with van der Waals surface area (Å²) in [5, 5.41) is 11.5. The summed E-state index contributed by atoms with van der Waals surface area (Å²) in [5.74, 6) is 1.09. The van der Waals surface area contributed by atoms with Crippen molar-refractivity contribution >= 4 is 46.5 Å². The van der Waals surface area contributed by atoms with Gasteiger partial charge in [-0.25, -0.2) is 5.43 Å². The van der Waals surface area contributed by atoms with Crippen molar-refractivity contribution in [2.75, 3.05) is 16.1 Å². The lowest BCUT2D eigenvalue weighted by Gasteiger charge is -2.10. The Kier molecular flexibility index (Phi) is 6.35. The van der Waals surface area contributed by atoms with Gasteiger partial charge in [0.2, 0.25) is 17.8 Å². The number of nitrogens with zero attached hydrogens (tertiary/aromatic N) is 4. The van der Waals surface area contributed by atoms with E-state index < -0.39 is 0 Å². The molecule has 0 bridgehead atoms. The molecule has 31 heavy (non-hydrogen) atoms. The van der Waals surface area contributed by atoms with E-state index in [1.165, 1.54) is 0 Å². The van der Waals surface area contributed by atoms with Crippen LogP contribution in [0.5, 0.6) is 0 Å². The summed E-state index contributed by atoms with van der Waals surface area (Å²) in [6.45, 7) is 1.89. The molecule has 4 aromatic rings. The molecular formula is C23H20ClN7. The summed E-state index contributed by atoms with van der Waals surface area (Å²) < 4.78 is 0. The van der Waals surface area contributed by atoms with Gasteiger partial charge in [-0.1, -0.05) is 60.1 Å². The van der Waals surface area contributed by atoms with Crippen LogP contribution in [0.25, 0.3) is 0 Å². The molecule has 0 aliphatic carbocycles. The van der Waals surface area contributed by atoms with Crippen molar-refractivity contribution in [2.45, 2.75) is 6.92 Å². The molecule has 0 saturated heterocycles. The SMILES string of the molecule is C/C(=N/Nc1nc(Nc2ccccc2)nc(Nc2ccccc2)n1)c1ccc(Cl)cc1. The lowest BCUT2D eigenvalue weighted by Crippen LogP contribution is -2.08. The van der Waals surface area contributed by atoms with Gasteiger partial charge in [0, 0.05) is 16.4 Å².